The van der Waals surface area contributed by atoms with Crippen LogP contribution in [0.3, 0.4) is 0 Å². The molecule has 2 aromatic heterocycles. The molecule has 0 bridgehead atoms. The van der Waals surface area contributed by atoms with E-state index in [-0.39, 0.29) is 5.82 Å². The van der Waals surface area contributed by atoms with E-state index in [9.17, 15) is 4.39 Å². The zero-order chi connectivity index (χ0) is 12.3. The van der Waals surface area contributed by atoms with Gasteiger partial charge in [-0.3, -0.25) is 0 Å². The Labute approximate surface area is 112 Å². The number of aromatic nitrogens is 3. The summed E-state index contributed by atoms with van der Waals surface area (Å²) in [6, 6.07) is 2.91. The summed E-state index contributed by atoms with van der Waals surface area (Å²) < 4.78 is 13.7. The second-order valence-corrected chi connectivity index (χ2v) is 4.44. The van der Waals surface area contributed by atoms with E-state index in [0.717, 1.165) is 22.1 Å². The van der Waals surface area contributed by atoms with E-state index in [1.807, 2.05) is 6.92 Å². The second kappa shape index (κ2) is 5.35. The highest BCUT2D eigenvalue weighted by Gasteiger charge is 2.07. The van der Waals surface area contributed by atoms with Crippen molar-refractivity contribution in [3.05, 3.63) is 33.9 Å². The molecule has 0 radical (unpaired) electrons. The summed E-state index contributed by atoms with van der Waals surface area (Å²) in [6.45, 7) is 2.78. The van der Waals surface area contributed by atoms with Gasteiger partial charge in [0.05, 0.1) is 9.77 Å². The average Bonchev–Trinajstić information content (AvgIpc) is 2.33. The third kappa shape index (κ3) is 2.87. The fourth-order valence-electron chi connectivity index (χ4n) is 1.29. The Morgan fingerprint density at radius 3 is 2.76 bits per heavy atom. The Morgan fingerprint density at radius 2 is 2.12 bits per heavy atom. The van der Waals surface area contributed by atoms with Crippen molar-refractivity contribution in [2.24, 2.45) is 0 Å². The summed E-state index contributed by atoms with van der Waals surface area (Å²) >= 11 is 2.16. The van der Waals surface area contributed by atoms with Crippen LogP contribution in [-0.2, 0) is 0 Å². The van der Waals surface area contributed by atoms with Gasteiger partial charge in [-0.25, -0.2) is 19.3 Å². The van der Waals surface area contributed by atoms with Gasteiger partial charge in [-0.15, -0.1) is 0 Å². The third-order valence-electron chi connectivity index (χ3n) is 2.04. The number of nitrogens with zero attached hydrogens (tertiary/aromatic N) is 3. The van der Waals surface area contributed by atoms with Crippen LogP contribution in [0.25, 0.3) is 11.5 Å². The fourth-order valence-corrected chi connectivity index (χ4v) is 1.74. The molecule has 4 nitrogen and oxygen atoms in total. The van der Waals surface area contributed by atoms with Crippen LogP contribution in [0.15, 0.2) is 24.5 Å². The van der Waals surface area contributed by atoms with Crippen LogP contribution in [0.5, 0.6) is 0 Å². The molecule has 0 saturated carbocycles. The zero-order valence-corrected chi connectivity index (χ0v) is 11.3. The van der Waals surface area contributed by atoms with Gasteiger partial charge in [0.2, 0.25) is 0 Å². The van der Waals surface area contributed by atoms with E-state index in [1.165, 1.54) is 6.07 Å². The van der Waals surface area contributed by atoms with E-state index < -0.39 is 0 Å². The largest absolute Gasteiger partial charge is 0.369 e. The summed E-state index contributed by atoms with van der Waals surface area (Å²) in [5, 5.41) is 3.14. The number of anilines is 1. The Bertz CT molecular complexity index is 515. The standard InChI is InChI=1S/C11H10FIN4/c1-2-14-10-8(13)6-16-11(17-10)9-4-3-7(12)5-15-9/h3-6H,2H2,1H3,(H,14,16,17). The molecule has 0 unspecified atom stereocenters. The molecule has 0 saturated heterocycles. The van der Waals surface area contributed by atoms with Crippen LogP contribution in [0.2, 0.25) is 0 Å². The maximum absolute atomic E-state index is 12.7. The summed E-state index contributed by atoms with van der Waals surface area (Å²) in [4.78, 5) is 12.5. The molecular formula is C11H10FIN4. The first-order valence-corrected chi connectivity index (χ1v) is 6.17. The third-order valence-corrected chi connectivity index (χ3v) is 2.83. The van der Waals surface area contributed by atoms with Gasteiger partial charge in [0, 0.05) is 12.7 Å². The molecule has 0 aromatic carbocycles. The van der Waals surface area contributed by atoms with Crippen LogP contribution < -0.4 is 5.32 Å². The molecule has 0 aliphatic rings. The molecule has 0 aliphatic carbocycles. The van der Waals surface area contributed by atoms with E-state index >= 15 is 0 Å². The lowest BCUT2D eigenvalue weighted by Gasteiger charge is -2.06. The van der Waals surface area contributed by atoms with Crippen LogP contribution >= 0.6 is 22.6 Å². The molecule has 0 spiro atoms. The molecule has 2 heterocycles. The molecule has 17 heavy (non-hydrogen) atoms. The minimum absolute atomic E-state index is 0.369. The number of nitrogens with one attached hydrogen (secondary N) is 1. The Hall–Kier alpha value is -1.31. The van der Waals surface area contributed by atoms with Crippen LogP contribution in [-0.4, -0.2) is 21.5 Å². The normalized spacial score (nSPS) is 10.3. The number of pyridine rings is 1. The lowest BCUT2D eigenvalue weighted by atomic mass is 10.3. The van der Waals surface area contributed by atoms with E-state index in [1.54, 1.807) is 12.3 Å². The molecule has 0 aliphatic heterocycles. The SMILES string of the molecule is CCNc1nc(-c2ccc(F)cn2)ncc1I. The van der Waals surface area contributed by atoms with E-state index in [2.05, 4.69) is 42.9 Å². The first-order valence-electron chi connectivity index (χ1n) is 5.09. The van der Waals surface area contributed by atoms with Crippen LogP contribution in [0.4, 0.5) is 10.2 Å². The summed E-state index contributed by atoms with van der Waals surface area (Å²) in [5.41, 5.74) is 0.557. The predicted octanol–water partition coefficient (Wildman–Crippen LogP) is 2.71. The molecule has 0 atom stereocenters. The second-order valence-electron chi connectivity index (χ2n) is 3.28. The Morgan fingerprint density at radius 1 is 1.29 bits per heavy atom. The number of halogens is 2. The zero-order valence-electron chi connectivity index (χ0n) is 9.11. The lowest BCUT2D eigenvalue weighted by molar-refractivity contribution is 0.621. The molecular weight excluding hydrogens is 334 g/mol. The lowest BCUT2D eigenvalue weighted by Crippen LogP contribution is -2.04. The van der Waals surface area contributed by atoms with Gasteiger partial charge in [0.25, 0.3) is 0 Å². The molecule has 2 rings (SSSR count). The van der Waals surface area contributed by atoms with Crippen molar-refractivity contribution in [1.29, 1.82) is 0 Å². The number of hydrogen-bond acceptors (Lipinski definition) is 4. The van der Waals surface area contributed by atoms with E-state index in [4.69, 9.17) is 0 Å². The highest BCUT2D eigenvalue weighted by atomic mass is 127. The van der Waals surface area contributed by atoms with Crippen molar-refractivity contribution in [2.75, 3.05) is 11.9 Å². The van der Waals surface area contributed by atoms with Gasteiger partial charge >= 0.3 is 0 Å². The molecule has 1 N–H and O–H groups in total. The van der Waals surface area contributed by atoms with Gasteiger partial charge < -0.3 is 5.32 Å². The van der Waals surface area contributed by atoms with Crippen LogP contribution in [0.1, 0.15) is 6.92 Å². The highest BCUT2D eigenvalue weighted by Crippen LogP contribution is 2.19. The number of rotatable bonds is 3. The Balaban J connectivity index is 2.39. The van der Waals surface area contributed by atoms with Gasteiger partial charge in [0.1, 0.15) is 17.3 Å². The van der Waals surface area contributed by atoms with Gasteiger partial charge in [-0.2, -0.15) is 0 Å². The van der Waals surface area contributed by atoms with Crippen molar-refractivity contribution in [3.8, 4) is 11.5 Å². The summed E-state index contributed by atoms with van der Waals surface area (Å²) in [6.07, 6.45) is 2.87. The summed E-state index contributed by atoms with van der Waals surface area (Å²) in [5.74, 6) is 0.886. The van der Waals surface area contributed by atoms with Gasteiger partial charge in [-0.05, 0) is 41.6 Å². The monoisotopic (exact) mass is 344 g/mol. The maximum Gasteiger partial charge on any atom is 0.180 e. The van der Waals surface area contributed by atoms with Crippen molar-refractivity contribution >= 4 is 28.4 Å². The van der Waals surface area contributed by atoms with Crippen molar-refractivity contribution in [1.82, 2.24) is 15.0 Å². The molecule has 6 heteroatoms. The summed E-state index contributed by atoms with van der Waals surface area (Å²) in [7, 11) is 0. The predicted molar refractivity (Wildman–Crippen MR) is 72.1 cm³/mol. The molecule has 0 fully saturated rings. The average molecular weight is 344 g/mol. The maximum atomic E-state index is 12.7. The quantitative estimate of drug-likeness (QED) is 0.870. The first-order chi connectivity index (χ1) is 8.20. The Kier molecular flexibility index (Phi) is 3.82. The first kappa shape index (κ1) is 12.2. The molecule has 0 amide bonds. The van der Waals surface area contributed by atoms with E-state index in [0.29, 0.717) is 11.5 Å². The minimum atomic E-state index is -0.369. The smallest absolute Gasteiger partial charge is 0.180 e. The highest BCUT2D eigenvalue weighted by molar-refractivity contribution is 14.1. The van der Waals surface area contributed by atoms with Crippen molar-refractivity contribution in [2.45, 2.75) is 6.92 Å². The van der Waals surface area contributed by atoms with Gasteiger partial charge in [0.15, 0.2) is 5.82 Å². The molecule has 88 valence electrons. The molecule has 2 aromatic rings. The topological polar surface area (TPSA) is 50.7 Å². The van der Waals surface area contributed by atoms with Crippen molar-refractivity contribution < 1.29 is 4.39 Å². The minimum Gasteiger partial charge on any atom is -0.369 e. The number of hydrogen-bond donors (Lipinski definition) is 1. The van der Waals surface area contributed by atoms with Crippen molar-refractivity contribution in [3.63, 3.8) is 0 Å². The van der Waals surface area contributed by atoms with Gasteiger partial charge in [-0.1, -0.05) is 0 Å². The van der Waals surface area contributed by atoms with Crippen LogP contribution in [0, 0.1) is 9.39 Å². The fraction of sp³-hybridized carbons (Fsp3) is 0.182.